The normalized spacial score (nSPS) is 16.3. The van der Waals surface area contributed by atoms with Gasteiger partial charge < -0.3 is 9.84 Å². The molecule has 0 fully saturated rings. The smallest absolute Gasteiger partial charge is 0.253 e. The zero-order chi connectivity index (χ0) is 12.2. The third kappa shape index (κ3) is 3.43. The largest absolute Gasteiger partial charge is 0.396 e. The molecule has 0 atom stereocenters. The number of aliphatic hydroxyl groups excluding tert-OH is 1. The molecule has 0 aromatic heterocycles. The van der Waals surface area contributed by atoms with E-state index in [0.29, 0.717) is 6.42 Å². The van der Waals surface area contributed by atoms with Gasteiger partial charge in [0.25, 0.3) is 11.8 Å². The van der Waals surface area contributed by atoms with Gasteiger partial charge in [-0.05, 0) is 20.3 Å². The Bertz CT molecular complexity index is 291. The lowest BCUT2D eigenvalue weighted by Gasteiger charge is -2.25. The summed E-state index contributed by atoms with van der Waals surface area (Å²) in [4.78, 5) is 23.5. The van der Waals surface area contributed by atoms with Crippen LogP contribution >= 0.6 is 0 Å². The predicted molar refractivity (Wildman–Crippen MR) is 57.6 cm³/mol. The van der Waals surface area contributed by atoms with E-state index in [-0.39, 0.29) is 31.6 Å². The number of rotatable bonds is 6. The van der Waals surface area contributed by atoms with Crippen LogP contribution in [0.5, 0.6) is 0 Å². The maximum absolute atomic E-state index is 11.2. The molecule has 1 aliphatic heterocycles. The highest BCUT2D eigenvalue weighted by Crippen LogP contribution is 2.13. The Hall–Kier alpha value is -1.20. The molecule has 0 aliphatic carbocycles. The van der Waals surface area contributed by atoms with E-state index >= 15 is 0 Å². The van der Waals surface area contributed by atoms with Gasteiger partial charge in [-0.1, -0.05) is 0 Å². The fraction of sp³-hybridized carbons (Fsp3) is 0.636. The van der Waals surface area contributed by atoms with Gasteiger partial charge in [-0.3, -0.25) is 14.5 Å². The van der Waals surface area contributed by atoms with Gasteiger partial charge in [0.2, 0.25) is 0 Å². The van der Waals surface area contributed by atoms with E-state index in [1.807, 2.05) is 13.8 Å². The topological polar surface area (TPSA) is 66.8 Å². The van der Waals surface area contributed by atoms with Crippen molar-refractivity contribution in [2.45, 2.75) is 25.9 Å². The fourth-order valence-corrected chi connectivity index (χ4v) is 1.41. The van der Waals surface area contributed by atoms with E-state index < -0.39 is 5.60 Å². The van der Waals surface area contributed by atoms with Crippen LogP contribution in [-0.2, 0) is 14.3 Å². The molecule has 0 saturated heterocycles. The number of carbonyl (C=O) groups is 2. The van der Waals surface area contributed by atoms with Gasteiger partial charge in [0.05, 0.1) is 18.8 Å². The van der Waals surface area contributed by atoms with Crippen molar-refractivity contribution in [2.75, 3.05) is 19.8 Å². The Morgan fingerprint density at radius 1 is 1.31 bits per heavy atom. The molecule has 1 heterocycles. The number of ether oxygens (including phenoxy) is 1. The van der Waals surface area contributed by atoms with Crippen LogP contribution in [0.15, 0.2) is 12.2 Å². The quantitative estimate of drug-likeness (QED) is 0.653. The second-order valence-electron chi connectivity index (χ2n) is 4.24. The lowest BCUT2D eigenvalue weighted by molar-refractivity contribution is -0.139. The second kappa shape index (κ2) is 5.23. The van der Waals surface area contributed by atoms with Gasteiger partial charge in [-0.2, -0.15) is 0 Å². The Morgan fingerprint density at radius 3 is 2.38 bits per heavy atom. The van der Waals surface area contributed by atoms with Crippen LogP contribution in [0.2, 0.25) is 0 Å². The van der Waals surface area contributed by atoms with Crippen molar-refractivity contribution in [3.63, 3.8) is 0 Å². The summed E-state index contributed by atoms with van der Waals surface area (Å²) in [6.45, 7) is 4.30. The molecule has 0 aromatic rings. The first-order valence-electron chi connectivity index (χ1n) is 5.24. The Kier molecular flexibility index (Phi) is 4.20. The second-order valence-corrected chi connectivity index (χ2v) is 4.24. The molecule has 0 saturated carbocycles. The highest BCUT2D eigenvalue weighted by molar-refractivity contribution is 6.12. The van der Waals surface area contributed by atoms with Crippen LogP contribution in [0, 0.1) is 0 Å². The molecule has 0 radical (unpaired) electrons. The summed E-state index contributed by atoms with van der Waals surface area (Å²) in [5.74, 6) is -0.595. The summed E-state index contributed by atoms with van der Waals surface area (Å²) in [6, 6.07) is 0. The third-order valence-electron chi connectivity index (χ3n) is 2.42. The monoisotopic (exact) mass is 227 g/mol. The summed E-state index contributed by atoms with van der Waals surface area (Å²) in [5, 5.41) is 8.79. The van der Waals surface area contributed by atoms with E-state index in [1.54, 1.807) is 0 Å². The molecule has 0 unspecified atom stereocenters. The van der Waals surface area contributed by atoms with Crippen molar-refractivity contribution >= 4 is 11.8 Å². The highest BCUT2D eigenvalue weighted by Gasteiger charge is 2.24. The van der Waals surface area contributed by atoms with Crippen molar-refractivity contribution in [2.24, 2.45) is 0 Å². The SMILES string of the molecule is CC(C)(CCO)OCCN1C(=O)C=CC1=O. The zero-order valence-corrected chi connectivity index (χ0v) is 9.60. The van der Waals surface area contributed by atoms with Gasteiger partial charge in [0.1, 0.15) is 0 Å². The Labute approximate surface area is 94.7 Å². The van der Waals surface area contributed by atoms with E-state index in [2.05, 4.69) is 0 Å². The Morgan fingerprint density at radius 2 is 1.88 bits per heavy atom. The summed E-state index contributed by atoms with van der Waals surface area (Å²) in [6.07, 6.45) is 3.02. The molecule has 1 aliphatic rings. The highest BCUT2D eigenvalue weighted by atomic mass is 16.5. The molecule has 5 heteroatoms. The van der Waals surface area contributed by atoms with Gasteiger partial charge >= 0.3 is 0 Å². The van der Waals surface area contributed by atoms with Gasteiger partial charge in [-0.15, -0.1) is 0 Å². The molecule has 90 valence electrons. The van der Waals surface area contributed by atoms with E-state index in [4.69, 9.17) is 9.84 Å². The zero-order valence-electron chi connectivity index (χ0n) is 9.60. The minimum Gasteiger partial charge on any atom is -0.396 e. The Balaban J connectivity index is 2.31. The lowest BCUT2D eigenvalue weighted by Crippen LogP contribution is -2.36. The molecule has 5 nitrogen and oxygen atoms in total. The predicted octanol–water partition coefficient (Wildman–Crippen LogP) is 0.0890. The lowest BCUT2D eigenvalue weighted by atomic mass is 10.1. The number of imide groups is 1. The van der Waals surface area contributed by atoms with Crippen LogP contribution in [0.4, 0.5) is 0 Å². The molecule has 16 heavy (non-hydrogen) atoms. The molecular weight excluding hydrogens is 210 g/mol. The van der Waals surface area contributed by atoms with E-state index in [0.717, 1.165) is 4.90 Å². The molecule has 2 amide bonds. The number of amides is 2. The number of hydrogen-bond donors (Lipinski definition) is 1. The molecule has 0 bridgehead atoms. The first-order chi connectivity index (χ1) is 7.46. The summed E-state index contributed by atoms with van der Waals surface area (Å²) >= 11 is 0. The van der Waals surface area contributed by atoms with Gasteiger partial charge in [0.15, 0.2) is 0 Å². The van der Waals surface area contributed by atoms with Crippen molar-refractivity contribution in [1.82, 2.24) is 4.90 Å². The standard InChI is InChI=1S/C11H17NO4/c1-11(2,5-7-13)16-8-6-12-9(14)3-4-10(12)15/h3-4,13H,5-8H2,1-2H3. The summed E-state index contributed by atoms with van der Waals surface area (Å²) in [7, 11) is 0. The number of aliphatic hydroxyl groups is 1. The molecule has 0 spiro atoms. The number of carbonyl (C=O) groups excluding carboxylic acids is 2. The summed E-state index contributed by atoms with van der Waals surface area (Å²) in [5.41, 5.74) is -0.437. The summed E-state index contributed by atoms with van der Waals surface area (Å²) < 4.78 is 5.49. The molecule has 0 aromatic carbocycles. The minimum atomic E-state index is -0.437. The number of nitrogens with zero attached hydrogens (tertiary/aromatic N) is 1. The molecule has 1 N–H and O–H groups in total. The first-order valence-corrected chi connectivity index (χ1v) is 5.24. The van der Waals surface area contributed by atoms with Crippen LogP contribution in [0.1, 0.15) is 20.3 Å². The minimum absolute atomic E-state index is 0.0517. The first kappa shape index (κ1) is 12.9. The van der Waals surface area contributed by atoms with Crippen LogP contribution in [0.3, 0.4) is 0 Å². The number of hydrogen-bond acceptors (Lipinski definition) is 4. The fourth-order valence-electron chi connectivity index (χ4n) is 1.41. The van der Waals surface area contributed by atoms with Crippen molar-refractivity contribution in [3.8, 4) is 0 Å². The maximum Gasteiger partial charge on any atom is 0.253 e. The molecular formula is C11H17NO4. The third-order valence-corrected chi connectivity index (χ3v) is 2.42. The van der Waals surface area contributed by atoms with Crippen molar-refractivity contribution in [1.29, 1.82) is 0 Å². The van der Waals surface area contributed by atoms with E-state index in [9.17, 15) is 9.59 Å². The van der Waals surface area contributed by atoms with Gasteiger partial charge in [-0.25, -0.2) is 0 Å². The maximum atomic E-state index is 11.2. The van der Waals surface area contributed by atoms with Crippen LogP contribution in [0.25, 0.3) is 0 Å². The average molecular weight is 227 g/mol. The van der Waals surface area contributed by atoms with Crippen molar-refractivity contribution < 1.29 is 19.4 Å². The van der Waals surface area contributed by atoms with Crippen LogP contribution in [-0.4, -0.2) is 47.2 Å². The van der Waals surface area contributed by atoms with Crippen molar-refractivity contribution in [3.05, 3.63) is 12.2 Å². The van der Waals surface area contributed by atoms with Gasteiger partial charge in [0, 0.05) is 18.8 Å². The average Bonchev–Trinajstić information content (AvgIpc) is 2.48. The molecule has 1 rings (SSSR count). The van der Waals surface area contributed by atoms with E-state index in [1.165, 1.54) is 12.2 Å². The van der Waals surface area contributed by atoms with Crippen LogP contribution < -0.4 is 0 Å².